The molecule has 8 heteroatoms. The molecule has 0 aromatic heterocycles. The highest BCUT2D eigenvalue weighted by Crippen LogP contribution is 2.18. The summed E-state index contributed by atoms with van der Waals surface area (Å²) in [5, 5.41) is 2.75. The van der Waals surface area contributed by atoms with Crippen LogP contribution in [0.2, 0.25) is 0 Å². The van der Waals surface area contributed by atoms with Crippen LogP contribution in [0.4, 0.5) is 17.6 Å². The Labute approximate surface area is 160 Å². The molecule has 0 spiro atoms. The van der Waals surface area contributed by atoms with E-state index in [2.05, 4.69) is 10.1 Å². The Morgan fingerprint density at radius 1 is 1.04 bits per heavy atom. The maximum atomic E-state index is 13.6. The quantitative estimate of drug-likeness (QED) is 0.644. The van der Waals surface area contributed by atoms with Gasteiger partial charge in [0.2, 0.25) is 5.91 Å². The number of carbonyl (C=O) groups is 1. The van der Waals surface area contributed by atoms with Gasteiger partial charge < -0.3 is 14.8 Å². The van der Waals surface area contributed by atoms with Crippen molar-refractivity contribution in [3.8, 4) is 5.75 Å². The average molecular weight is 399 g/mol. The summed E-state index contributed by atoms with van der Waals surface area (Å²) in [5.41, 5.74) is 2.11. The molecule has 2 aromatic carbocycles. The van der Waals surface area contributed by atoms with Crippen molar-refractivity contribution in [2.24, 2.45) is 0 Å². The molecule has 0 bridgehead atoms. The van der Waals surface area contributed by atoms with E-state index in [1.807, 2.05) is 0 Å². The summed E-state index contributed by atoms with van der Waals surface area (Å²) in [7, 11) is 1.38. The highest BCUT2D eigenvalue weighted by molar-refractivity contribution is 5.76. The van der Waals surface area contributed by atoms with Gasteiger partial charge in [-0.15, -0.1) is 0 Å². The second-order valence-electron chi connectivity index (χ2n) is 6.17. The molecule has 28 heavy (non-hydrogen) atoms. The molecule has 0 fully saturated rings. The lowest BCUT2D eigenvalue weighted by atomic mass is 10.1. The molecule has 0 aliphatic carbocycles. The zero-order valence-electron chi connectivity index (χ0n) is 15.3. The van der Waals surface area contributed by atoms with Crippen LogP contribution in [0.1, 0.15) is 23.1 Å². The lowest BCUT2D eigenvalue weighted by Gasteiger charge is -2.09. The molecule has 0 saturated heterocycles. The van der Waals surface area contributed by atoms with Gasteiger partial charge in [0.1, 0.15) is 6.61 Å². The first-order valence-corrected chi connectivity index (χ1v) is 8.58. The highest BCUT2D eigenvalue weighted by Gasteiger charge is 2.27. The number of rotatable bonds is 9. The summed E-state index contributed by atoms with van der Waals surface area (Å²) in [4.78, 5) is 11.9. The Kier molecular flexibility index (Phi) is 7.80. The van der Waals surface area contributed by atoms with Crippen LogP contribution in [-0.2, 0) is 29.1 Å². The van der Waals surface area contributed by atoms with E-state index in [1.54, 1.807) is 30.3 Å². The number of amides is 1. The number of aryl methyl sites for hydroxylation is 1. The topological polar surface area (TPSA) is 47.6 Å². The van der Waals surface area contributed by atoms with Crippen molar-refractivity contribution in [2.45, 2.75) is 32.2 Å². The Balaban J connectivity index is 1.72. The smallest absolute Gasteiger partial charge is 0.411 e. The van der Waals surface area contributed by atoms with E-state index in [0.29, 0.717) is 24.1 Å². The molecule has 2 aromatic rings. The number of ether oxygens (including phenoxy) is 2. The first kappa shape index (κ1) is 21.7. The van der Waals surface area contributed by atoms with Gasteiger partial charge in [0.25, 0.3) is 0 Å². The predicted octanol–water partition coefficient (Wildman–Crippen LogP) is 4.16. The van der Waals surface area contributed by atoms with Gasteiger partial charge in [0, 0.05) is 13.0 Å². The summed E-state index contributed by atoms with van der Waals surface area (Å²) in [5.74, 6) is -0.506. The van der Waals surface area contributed by atoms with Crippen LogP contribution in [0.3, 0.4) is 0 Å². The van der Waals surface area contributed by atoms with Crippen molar-refractivity contribution in [2.75, 3.05) is 13.7 Å². The number of methoxy groups -OCH3 is 1. The minimum absolute atomic E-state index is 0.134. The van der Waals surface area contributed by atoms with Crippen molar-refractivity contribution < 1.29 is 31.8 Å². The third-order valence-electron chi connectivity index (χ3n) is 3.90. The Bertz CT molecular complexity index is 776. The van der Waals surface area contributed by atoms with E-state index in [9.17, 15) is 22.4 Å². The van der Waals surface area contributed by atoms with Gasteiger partial charge in [-0.3, -0.25) is 4.79 Å². The van der Waals surface area contributed by atoms with E-state index in [1.165, 1.54) is 19.2 Å². The van der Waals surface area contributed by atoms with Gasteiger partial charge in [-0.25, -0.2) is 4.39 Å². The molecule has 152 valence electrons. The van der Waals surface area contributed by atoms with Crippen LogP contribution in [0, 0.1) is 5.82 Å². The molecule has 4 nitrogen and oxygen atoms in total. The van der Waals surface area contributed by atoms with Gasteiger partial charge >= 0.3 is 6.18 Å². The molecular formula is C20H21F4NO3. The number of benzene rings is 2. The molecular weight excluding hydrogens is 378 g/mol. The van der Waals surface area contributed by atoms with Gasteiger partial charge in [-0.05, 0) is 35.2 Å². The lowest BCUT2D eigenvalue weighted by Crippen LogP contribution is -2.23. The monoisotopic (exact) mass is 399 g/mol. The van der Waals surface area contributed by atoms with Crippen LogP contribution < -0.4 is 10.1 Å². The summed E-state index contributed by atoms with van der Waals surface area (Å²) in [6, 6.07) is 11.3. The number of carbonyl (C=O) groups excluding carboxylic acids is 1. The number of alkyl halides is 3. The Morgan fingerprint density at radius 3 is 2.29 bits per heavy atom. The fourth-order valence-corrected chi connectivity index (χ4v) is 2.45. The summed E-state index contributed by atoms with van der Waals surface area (Å²) in [6.45, 7) is -1.13. The normalized spacial score (nSPS) is 11.3. The maximum absolute atomic E-state index is 13.6. The fourth-order valence-electron chi connectivity index (χ4n) is 2.45. The van der Waals surface area contributed by atoms with E-state index < -0.39 is 18.6 Å². The van der Waals surface area contributed by atoms with Crippen molar-refractivity contribution >= 4 is 5.91 Å². The summed E-state index contributed by atoms with van der Waals surface area (Å²) in [6.07, 6.45) is -3.75. The minimum Gasteiger partial charge on any atom is -0.494 e. The number of halogens is 4. The fraction of sp³-hybridized carbons (Fsp3) is 0.350. The molecule has 2 rings (SSSR count). The molecule has 0 unspecified atom stereocenters. The van der Waals surface area contributed by atoms with Gasteiger partial charge in [0.15, 0.2) is 11.6 Å². The number of hydrogen-bond acceptors (Lipinski definition) is 3. The van der Waals surface area contributed by atoms with Crippen molar-refractivity contribution in [1.29, 1.82) is 0 Å². The maximum Gasteiger partial charge on any atom is 0.411 e. The first-order chi connectivity index (χ1) is 13.3. The van der Waals surface area contributed by atoms with Crippen LogP contribution in [-0.4, -0.2) is 25.8 Å². The SMILES string of the molecule is COc1ccc(CCC(=O)NCc2ccc(COCC(F)(F)F)cc2)cc1F. The molecule has 1 N–H and O–H groups in total. The molecule has 0 atom stereocenters. The van der Waals surface area contributed by atoms with E-state index >= 15 is 0 Å². The van der Waals surface area contributed by atoms with Crippen LogP contribution in [0.15, 0.2) is 42.5 Å². The first-order valence-electron chi connectivity index (χ1n) is 8.58. The van der Waals surface area contributed by atoms with Gasteiger partial charge in [-0.1, -0.05) is 30.3 Å². The van der Waals surface area contributed by atoms with Crippen LogP contribution in [0.25, 0.3) is 0 Å². The van der Waals surface area contributed by atoms with Gasteiger partial charge in [-0.2, -0.15) is 13.2 Å². The lowest BCUT2D eigenvalue weighted by molar-refractivity contribution is -0.176. The third kappa shape index (κ3) is 7.56. The second-order valence-corrected chi connectivity index (χ2v) is 6.17. The molecule has 0 radical (unpaired) electrons. The largest absolute Gasteiger partial charge is 0.494 e. The molecule has 0 aliphatic heterocycles. The summed E-state index contributed by atoms with van der Waals surface area (Å²) < 4.78 is 59.2. The van der Waals surface area contributed by atoms with Crippen LogP contribution >= 0.6 is 0 Å². The number of nitrogens with one attached hydrogen (secondary N) is 1. The van der Waals surface area contributed by atoms with E-state index in [0.717, 1.165) is 5.56 Å². The zero-order chi connectivity index (χ0) is 20.6. The molecule has 0 saturated carbocycles. The van der Waals surface area contributed by atoms with Gasteiger partial charge in [0.05, 0.1) is 13.7 Å². The van der Waals surface area contributed by atoms with Crippen LogP contribution in [0.5, 0.6) is 5.75 Å². The minimum atomic E-state index is -4.35. The van der Waals surface area contributed by atoms with E-state index in [4.69, 9.17) is 4.74 Å². The molecule has 0 aliphatic rings. The average Bonchev–Trinajstić information content (AvgIpc) is 2.65. The Hall–Kier alpha value is -2.61. The predicted molar refractivity (Wildman–Crippen MR) is 95.3 cm³/mol. The number of hydrogen-bond donors (Lipinski definition) is 1. The second kappa shape index (κ2) is 10.1. The molecule has 1 amide bonds. The standard InChI is InChI=1S/C20H21F4NO3/c1-27-18-8-6-14(10-17(18)21)7-9-19(26)25-11-15-2-4-16(5-3-15)12-28-13-20(22,23)24/h2-6,8,10H,7,9,11-13H2,1H3,(H,25,26). The summed E-state index contributed by atoms with van der Waals surface area (Å²) >= 11 is 0. The third-order valence-corrected chi connectivity index (χ3v) is 3.90. The zero-order valence-corrected chi connectivity index (χ0v) is 15.3. The van der Waals surface area contributed by atoms with Crippen molar-refractivity contribution in [3.05, 3.63) is 65.0 Å². The Morgan fingerprint density at radius 2 is 1.68 bits per heavy atom. The highest BCUT2D eigenvalue weighted by atomic mass is 19.4. The molecule has 0 heterocycles. The van der Waals surface area contributed by atoms with Crippen molar-refractivity contribution in [1.82, 2.24) is 5.32 Å². The van der Waals surface area contributed by atoms with E-state index in [-0.39, 0.29) is 24.7 Å². The van der Waals surface area contributed by atoms with Crippen molar-refractivity contribution in [3.63, 3.8) is 0 Å².